The highest BCUT2D eigenvalue weighted by Crippen LogP contribution is 2.29. The van der Waals surface area contributed by atoms with E-state index in [1.807, 2.05) is 10.6 Å². The van der Waals surface area contributed by atoms with E-state index in [4.69, 9.17) is 28.2 Å². The van der Waals surface area contributed by atoms with E-state index in [2.05, 4.69) is 30.4 Å². The van der Waals surface area contributed by atoms with Crippen molar-refractivity contribution in [2.75, 3.05) is 0 Å². The van der Waals surface area contributed by atoms with Crippen LogP contribution >= 0.6 is 23.2 Å². The Labute approximate surface area is 162 Å². The zero-order valence-corrected chi connectivity index (χ0v) is 15.9. The van der Waals surface area contributed by atoms with Crippen molar-refractivity contribution in [1.82, 2.24) is 14.9 Å². The summed E-state index contributed by atoms with van der Waals surface area (Å²) in [6.07, 6.45) is 2.77. The lowest BCUT2D eigenvalue weighted by Gasteiger charge is -2.10. The van der Waals surface area contributed by atoms with E-state index < -0.39 is 0 Å². The number of hydrogen-bond donors (Lipinski definition) is 1. The number of halogens is 2. The Bertz CT molecular complexity index is 992. The minimum Gasteiger partial charge on any atom is -0.352 e. The first-order valence-corrected chi connectivity index (χ1v) is 9.44. The first-order chi connectivity index (χ1) is 12.5. The van der Waals surface area contributed by atoms with Crippen molar-refractivity contribution in [3.8, 4) is 0 Å². The van der Waals surface area contributed by atoms with Crippen LogP contribution in [0.4, 0.5) is 0 Å². The topological polar surface area (TPSA) is 46.9 Å². The fraction of sp³-hybridized carbons (Fsp3) is 0.300. The third-order valence-electron chi connectivity index (χ3n) is 4.56. The van der Waals surface area contributed by atoms with Crippen LogP contribution in [0.2, 0.25) is 10.0 Å². The SMILES string of the molecule is Cc1cccc(Cc2nc3cc(Cl)c(Cl)cc3n2CC(=O)NC2CC2)c1. The van der Waals surface area contributed by atoms with Crippen LogP contribution in [-0.2, 0) is 17.8 Å². The van der Waals surface area contributed by atoms with Crippen LogP contribution in [0.3, 0.4) is 0 Å². The Kier molecular flexibility index (Phi) is 4.63. The molecule has 0 unspecified atom stereocenters. The van der Waals surface area contributed by atoms with Gasteiger partial charge >= 0.3 is 0 Å². The monoisotopic (exact) mass is 387 g/mol. The fourth-order valence-corrected chi connectivity index (χ4v) is 3.45. The highest BCUT2D eigenvalue weighted by molar-refractivity contribution is 6.42. The Morgan fingerprint density at radius 1 is 1.23 bits per heavy atom. The summed E-state index contributed by atoms with van der Waals surface area (Å²) in [7, 11) is 0. The molecule has 0 atom stereocenters. The lowest BCUT2D eigenvalue weighted by Crippen LogP contribution is -2.29. The van der Waals surface area contributed by atoms with Crippen molar-refractivity contribution in [2.24, 2.45) is 0 Å². The van der Waals surface area contributed by atoms with Crippen LogP contribution in [-0.4, -0.2) is 21.5 Å². The van der Waals surface area contributed by atoms with Gasteiger partial charge in [-0.25, -0.2) is 4.98 Å². The molecule has 4 rings (SSSR count). The molecule has 0 spiro atoms. The molecule has 1 aliphatic rings. The van der Waals surface area contributed by atoms with Crippen LogP contribution in [0.1, 0.15) is 29.8 Å². The minimum absolute atomic E-state index is 0.00312. The van der Waals surface area contributed by atoms with Crippen LogP contribution in [0.15, 0.2) is 36.4 Å². The van der Waals surface area contributed by atoms with Crippen molar-refractivity contribution < 1.29 is 4.79 Å². The maximum atomic E-state index is 12.4. The van der Waals surface area contributed by atoms with Crippen molar-refractivity contribution in [2.45, 2.75) is 38.8 Å². The molecule has 1 fully saturated rings. The van der Waals surface area contributed by atoms with Gasteiger partial charge in [0.05, 0.1) is 21.1 Å². The normalized spacial score (nSPS) is 14.0. The van der Waals surface area contributed by atoms with E-state index in [9.17, 15) is 4.79 Å². The largest absolute Gasteiger partial charge is 0.352 e. The number of carbonyl (C=O) groups is 1. The zero-order chi connectivity index (χ0) is 18.3. The van der Waals surface area contributed by atoms with E-state index in [-0.39, 0.29) is 12.5 Å². The molecule has 1 heterocycles. The Balaban J connectivity index is 1.73. The van der Waals surface area contributed by atoms with Crippen molar-refractivity contribution in [3.63, 3.8) is 0 Å². The number of fused-ring (bicyclic) bond motifs is 1. The van der Waals surface area contributed by atoms with Crippen molar-refractivity contribution in [1.29, 1.82) is 0 Å². The van der Waals surface area contributed by atoms with Crippen LogP contribution in [0.5, 0.6) is 0 Å². The number of nitrogens with zero attached hydrogens (tertiary/aromatic N) is 2. The maximum absolute atomic E-state index is 12.4. The molecule has 134 valence electrons. The molecule has 0 aliphatic heterocycles. The summed E-state index contributed by atoms with van der Waals surface area (Å²) in [6.45, 7) is 2.29. The van der Waals surface area contributed by atoms with Crippen LogP contribution < -0.4 is 5.32 Å². The summed E-state index contributed by atoms with van der Waals surface area (Å²) in [5.74, 6) is 0.832. The molecular weight excluding hydrogens is 369 g/mol. The van der Waals surface area contributed by atoms with Gasteiger partial charge in [-0.1, -0.05) is 53.0 Å². The first kappa shape index (κ1) is 17.4. The molecule has 1 saturated carbocycles. The lowest BCUT2D eigenvalue weighted by atomic mass is 10.1. The second kappa shape index (κ2) is 6.93. The summed E-state index contributed by atoms with van der Waals surface area (Å²) in [6, 6.07) is 12.2. The van der Waals surface area contributed by atoms with Crippen molar-refractivity contribution >= 4 is 40.1 Å². The second-order valence-corrected chi connectivity index (χ2v) is 7.69. The number of rotatable bonds is 5. The molecule has 1 amide bonds. The number of carbonyl (C=O) groups excluding carboxylic acids is 1. The quantitative estimate of drug-likeness (QED) is 0.699. The minimum atomic E-state index is 0.00312. The number of aryl methyl sites for hydroxylation is 1. The van der Waals surface area contributed by atoms with Gasteiger partial charge in [0.2, 0.25) is 5.91 Å². The molecular formula is C20H19Cl2N3O. The lowest BCUT2D eigenvalue weighted by molar-refractivity contribution is -0.121. The number of hydrogen-bond acceptors (Lipinski definition) is 2. The van der Waals surface area contributed by atoms with Crippen molar-refractivity contribution in [3.05, 3.63) is 63.4 Å². The number of aromatic nitrogens is 2. The number of amides is 1. The van der Waals surface area contributed by atoms with Gasteiger partial charge in [0.25, 0.3) is 0 Å². The molecule has 1 N–H and O–H groups in total. The first-order valence-electron chi connectivity index (χ1n) is 8.68. The second-order valence-electron chi connectivity index (χ2n) is 6.88. The highest BCUT2D eigenvalue weighted by atomic mass is 35.5. The van der Waals surface area contributed by atoms with Gasteiger partial charge < -0.3 is 9.88 Å². The van der Waals surface area contributed by atoms with Crippen LogP contribution in [0, 0.1) is 6.92 Å². The Hall–Kier alpha value is -2.04. The number of benzene rings is 2. The Morgan fingerprint density at radius 3 is 2.73 bits per heavy atom. The summed E-state index contributed by atoms with van der Waals surface area (Å²) < 4.78 is 1.94. The maximum Gasteiger partial charge on any atom is 0.240 e. The molecule has 2 aromatic carbocycles. The third kappa shape index (κ3) is 3.71. The summed E-state index contributed by atoms with van der Waals surface area (Å²) in [4.78, 5) is 17.1. The molecule has 0 saturated heterocycles. The predicted octanol–water partition coefficient (Wildman–Crippen LogP) is 4.52. The smallest absolute Gasteiger partial charge is 0.240 e. The molecule has 0 radical (unpaired) electrons. The van der Waals surface area contributed by atoms with Gasteiger partial charge in [0.1, 0.15) is 12.4 Å². The summed E-state index contributed by atoms with van der Waals surface area (Å²) >= 11 is 12.4. The molecule has 1 aromatic heterocycles. The van der Waals surface area contributed by atoms with Gasteiger partial charge in [-0.15, -0.1) is 0 Å². The Morgan fingerprint density at radius 2 is 2.00 bits per heavy atom. The summed E-state index contributed by atoms with van der Waals surface area (Å²) in [5, 5.41) is 3.97. The van der Waals surface area contributed by atoms with Gasteiger partial charge in [-0.3, -0.25) is 4.79 Å². The van der Waals surface area contributed by atoms with Gasteiger partial charge in [-0.05, 0) is 37.5 Å². The van der Waals surface area contributed by atoms with Crippen LogP contribution in [0.25, 0.3) is 11.0 Å². The van der Waals surface area contributed by atoms with Gasteiger partial charge in [0.15, 0.2) is 0 Å². The van der Waals surface area contributed by atoms with E-state index in [0.717, 1.165) is 35.3 Å². The molecule has 1 aliphatic carbocycles. The fourth-order valence-electron chi connectivity index (χ4n) is 3.13. The molecule has 3 aromatic rings. The van der Waals surface area contributed by atoms with Gasteiger partial charge in [-0.2, -0.15) is 0 Å². The average molecular weight is 388 g/mol. The van der Waals surface area contributed by atoms with E-state index in [1.54, 1.807) is 12.1 Å². The molecule has 0 bridgehead atoms. The third-order valence-corrected chi connectivity index (χ3v) is 5.28. The van der Waals surface area contributed by atoms with Gasteiger partial charge in [0, 0.05) is 12.5 Å². The molecule has 6 heteroatoms. The highest BCUT2D eigenvalue weighted by Gasteiger charge is 2.24. The van der Waals surface area contributed by atoms with E-state index in [0.29, 0.717) is 22.5 Å². The predicted molar refractivity (Wildman–Crippen MR) is 105 cm³/mol. The zero-order valence-electron chi connectivity index (χ0n) is 14.4. The standard InChI is InChI=1S/C20H19Cl2N3O/c1-12-3-2-4-13(7-12)8-19-24-17-9-15(21)16(22)10-18(17)25(19)11-20(26)23-14-5-6-14/h2-4,7,9-10,14H,5-6,8,11H2,1H3,(H,23,26). The average Bonchev–Trinajstić information content (AvgIpc) is 3.34. The summed E-state index contributed by atoms with van der Waals surface area (Å²) in [5.41, 5.74) is 3.93. The molecule has 26 heavy (non-hydrogen) atoms. The number of imidazole rings is 1. The number of nitrogens with one attached hydrogen (secondary N) is 1. The molecule has 4 nitrogen and oxygen atoms in total. The van der Waals surface area contributed by atoms with E-state index in [1.165, 1.54) is 5.56 Å². The van der Waals surface area contributed by atoms with E-state index >= 15 is 0 Å².